The smallest absolute Gasteiger partial charge is 0.285 e. The van der Waals surface area contributed by atoms with Gasteiger partial charge in [0.15, 0.2) is 0 Å². The second-order valence-corrected chi connectivity index (χ2v) is 6.29. The van der Waals surface area contributed by atoms with E-state index in [1.807, 2.05) is 26.0 Å². The fourth-order valence-corrected chi connectivity index (χ4v) is 2.63. The van der Waals surface area contributed by atoms with E-state index < -0.39 is 16.4 Å². The van der Waals surface area contributed by atoms with E-state index in [4.69, 9.17) is 0 Å². The molecule has 1 aromatic carbocycles. The Kier molecular flexibility index (Phi) is 7.02. The molecule has 0 aliphatic carbocycles. The van der Waals surface area contributed by atoms with Crippen molar-refractivity contribution in [2.24, 2.45) is 0 Å². The van der Waals surface area contributed by atoms with Gasteiger partial charge in [0.05, 0.1) is 17.7 Å². The van der Waals surface area contributed by atoms with Gasteiger partial charge >= 0.3 is 0 Å². The third kappa shape index (κ3) is 5.50. The molecule has 9 nitrogen and oxygen atoms in total. The van der Waals surface area contributed by atoms with Crippen LogP contribution in [0.3, 0.4) is 0 Å². The molecule has 1 N–H and O–H groups in total. The van der Waals surface area contributed by atoms with Gasteiger partial charge in [-0.1, -0.05) is 25.1 Å². The van der Waals surface area contributed by atoms with Crippen LogP contribution in [0.25, 0.3) is 0 Å². The maximum absolute atomic E-state index is 12.6. The van der Waals surface area contributed by atoms with E-state index in [0.717, 1.165) is 28.5 Å². The van der Waals surface area contributed by atoms with Gasteiger partial charge in [-0.05, 0) is 25.0 Å². The van der Waals surface area contributed by atoms with Crippen LogP contribution in [0.5, 0.6) is 0 Å². The summed E-state index contributed by atoms with van der Waals surface area (Å²) in [6, 6.07) is 9.41. The molecule has 1 aromatic heterocycles. The number of aromatic nitrogens is 1. The van der Waals surface area contributed by atoms with Gasteiger partial charge < -0.3 is 10.2 Å². The molecule has 0 radical (unpaired) electrons. The molecule has 148 valence electrons. The highest BCUT2D eigenvalue weighted by molar-refractivity contribution is 5.95. The van der Waals surface area contributed by atoms with Crippen molar-refractivity contribution in [1.29, 1.82) is 0 Å². The van der Waals surface area contributed by atoms with Crippen LogP contribution in [0.4, 0.5) is 11.4 Å². The van der Waals surface area contributed by atoms with Gasteiger partial charge in [-0.25, -0.2) is 0 Å². The molecule has 0 bridgehead atoms. The molecule has 2 aromatic rings. The standard InChI is InChI=1S/C19H22N4O5/c1-3-10-21(12-17(24)20-16-7-5-4-6-14(16)2)19(26)13-22-11-15(23(27)28)8-9-18(22)25/h4-9,11H,3,10,12-13H2,1-2H3,(H,20,24). The lowest BCUT2D eigenvalue weighted by Gasteiger charge is -2.22. The molecular weight excluding hydrogens is 364 g/mol. The van der Waals surface area contributed by atoms with Crippen LogP contribution in [0, 0.1) is 17.0 Å². The number of anilines is 1. The minimum atomic E-state index is -0.639. The van der Waals surface area contributed by atoms with E-state index in [1.165, 1.54) is 4.90 Å². The molecule has 9 heteroatoms. The average Bonchev–Trinajstić information content (AvgIpc) is 2.64. The predicted octanol–water partition coefficient (Wildman–Crippen LogP) is 1.94. The minimum absolute atomic E-state index is 0.176. The Labute approximate surface area is 161 Å². The molecule has 0 saturated heterocycles. The van der Waals surface area contributed by atoms with Crippen molar-refractivity contribution in [3.63, 3.8) is 0 Å². The summed E-state index contributed by atoms with van der Waals surface area (Å²) in [6.07, 6.45) is 1.64. The van der Waals surface area contributed by atoms with Crippen LogP contribution in [-0.2, 0) is 16.1 Å². The summed E-state index contributed by atoms with van der Waals surface area (Å²) in [5, 5.41) is 13.6. The molecule has 0 aliphatic rings. The number of hydrogen-bond donors (Lipinski definition) is 1. The molecule has 0 atom stereocenters. The fraction of sp³-hybridized carbons (Fsp3) is 0.316. The number of nitro groups is 1. The number of nitrogens with zero attached hydrogens (tertiary/aromatic N) is 3. The van der Waals surface area contributed by atoms with Crippen molar-refractivity contribution in [3.05, 3.63) is 68.6 Å². The van der Waals surface area contributed by atoms with Gasteiger partial charge in [-0.3, -0.25) is 29.1 Å². The molecule has 2 amide bonds. The number of para-hydroxylation sites is 1. The zero-order chi connectivity index (χ0) is 20.7. The molecule has 0 saturated carbocycles. The number of benzene rings is 1. The zero-order valence-electron chi connectivity index (χ0n) is 15.8. The topological polar surface area (TPSA) is 115 Å². The molecule has 1 heterocycles. The number of nitrogens with one attached hydrogen (secondary N) is 1. The molecule has 0 aliphatic heterocycles. The van der Waals surface area contributed by atoms with Crippen molar-refractivity contribution in [1.82, 2.24) is 9.47 Å². The van der Waals surface area contributed by atoms with Gasteiger partial charge in [0.25, 0.3) is 11.2 Å². The second kappa shape index (κ2) is 9.45. The average molecular weight is 386 g/mol. The normalized spacial score (nSPS) is 10.4. The molecule has 0 unspecified atom stereocenters. The van der Waals surface area contributed by atoms with Crippen molar-refractivity contribution in [2.75, 3.05) is 18.4 Å². The van der Waals surface area contributed by atoms with Crippen LogP contribution < -0.4 is 10.9 Å². The summed E-state index contributed by atoms with van der Waals surface area (Å²) in [7, 11) is 0. The molecule has 0 fully saturated rings. The highest BCUT2D eigenvalue weighted by atomic mass is 16.6. The van der Waals surface area contributed by atoms with Gasteiger partial charge in [0, 0.05) is 24.4 Å². The first-order valence-electron chi connectivity index (χ1n) is 8.80. The highest BCUT2D eigenvalue weighted by Gasteiger charge is 2.19. The number of rotatable bonds is 8. The first-order valence-corrected chi connectivity index (χ1v) is 8.80. The van der Waals surface area contributed by atoms with E-state index >= 15 is 0 Å². The first-order chi connectivity index (χ1) is 13.3. The number of aryl methyl sites for hydroxylation is 1. The Morgan fingerprint density at radius 3 is 2.57 bits per heavy atom. The molecule has 2 rings (SSSR count). The lowest BCUT2D eigenvalue weighted by atomic mass is 10.2. The van der Waals surface area contributed by atoms with E-state index in [9.17, 15) is 24.5 Å². The van der Waals surface area contributed by atoms with Crippen LogP contribution in [0.15, 0.2) is 47.4 Å². The Bertz CT molecular complexity index is 938. The van der Waals surface area contributed by atoms with E-state index in [1.54, 1.807) is 12.1 Å². The summed E-state index contributed by atoms with van der Waals surface area (Å²) in [6.45, 7) is 3.49. The summed E-state index contributed by atoms with van der Waals surface area (Å²) in [4.78, 5) is 48.4. The first kappa shape index (κ1) is 20.8. The van der Waals surface area contributed by atoms with Crippen LogP contribution in [0.1, 0.15) is 18.9 Å². The number of hydrogen-bond acceptors (Lipinski definition) is 5. The van der Waals surface area contributed by atoms with Gasteiger partial charge in [0.2, 0.25) is 11.8 Å². The Morgan fingerprint density at radius 1 is 1.21 bits per heavy atom. The molecular formula is C19H22N4O5. The van der Waals surface area contributed by atoms with Gasteiger partial charge in [-0.15, -0.1) is 0 Å². The summed E-state index contributed by atoms with van der Waals surface area (Å²) >= 11 is 0. The highest BCUT2D eigenvalue weighted by Crippen LogP contribution is 2.13. The fourth-order valence-electron chi connectivity index (χ4n) is 2.63. The van der Waals surface area contributed by atoms with E-state index in [2.05, 4.69) is 5.32 Å². The zero-order valence-corrected chi connectivity index (χ0v) is 15.8. The monoisotopic (exact) mass is 386 g/mol. The van der Waals surface area contributed by atoms with Crippen molar-refractivity contribution >= 4 is 23.2 Å². The lowest BCUT2D eigenvalue weighted by Crippen LogP contribution is -2.41. The number of amides is 2. The maximum atomic E-state index is 12.6. The van der Waals surface area contributed by atoms with Crippen LogP contribution in [-0.4, -0.2) is 39.3 Å². The molecule has 0 spiro atoms. The van der Waals surface area contributed by atoms with Crippen molar-refractivity contribution in [2.45, 2.75) is 26.8 Å². The third-order valence-corrected chi connectivity index (χ3v) is 4.08. The third-order valence-electron chi connectivity index (χ3n) is 4.08. The number of carbonyl (C=O) groups excluding carboxylic acids is 2. The van der Waals surface area contributed by atoms with Crippen LogP contribution in [0.2, 0.25) is 0 Å². The van der Waals surface area contributed by atoms with Gasteiger partial charge in [-0.2, -0.15) is 0 Å². The molecule has 28 heavy (non-hydrogen) atoms. The van der Waals surface area contributed by atoms with Crippen molar-refractivity contribution < 1.29 is 14.5 Å². The number of carbonyl (C=O) groups is 2. The summed E-state index contributed by atoms with van der Waals surface area (Å²) in [5.74, 6) is -0.827. The lowest BCUT2D eigenvalue weighted by molar-refractivity contribution is -0.385. The SMILES string of the molecule is CCCN(CC(=O)Nc1ccccc1C)C(=O)Cn1cc([N+](=O)[O-])ccc1=O. The van der Waals surface area contributed by atoms with Gasteiger partial charge in [0.1, 0.15) is 6.54 Å². The largest absolute Gasteiger partial charge is 0.332 e. The van der Waals surface area contributed by atoms with E-state index in [0.29, 0.717) is 18.7 Å². The Morgan fingerprint density at radius 2 is 1.93 bits per heavy atom. The number of pyridine rings is 1. The maximum Gasteiger partial charge on any atom is 0.285 e. The Hall–Kier alpha value is -3.49. The quantitative estimate of drug-likeness (QED) is 0.550. The van der Waals surface area contributed by atoms with Crippen molar-refractivity contribution in [3.8, 4) is 0 Å². The summed E-state index contributed by atoms with van der Waals surface area (Å²) < 4.78 is 0.975. The Balaban J connectivity index is 2.10. The second-order valence-electron chi connectivity index (χ2n) is 6.29. The minimum Gasteiger partial charge on any atom is -0.332 e. The van der Waals surface area contributed by atoms with E-state index in [-0.39, 0.29) is 24.7 Å². The van der Waals surface area contributed by atoms with Crippen LogP contribution >= 0.6 is 0 Å². The summed E-state index contributed by atoms with van der Waals surface area (Å²) in [5.41, 5.74) is 0.741. The predicted molar refractivity (Wildman–Crippen MR) is 104 cm³/mol.